The molecule has 2 rings (SSSR count). The Balaban J connectivity index is 2.37. The maximum absolute atomic E-state index is 11.5. The lowest BCUT2D eigenvalue weighted by molar-refractivity contribution is -0.385. The van der Waals surface area contributed by atoms with E-state index < -0.39 is 10.8 Å². The Kier molecular flexibility index (Phi) is 3.65. The van der Waals surface area contributed by atoms with E-state index in [1.165, 1.54) is 36.1 Å². The third kappa shape index (κ3) is 2.74. The molecule has 0 aliphatic carbocycles. The number of aromatic nitrogens is 2. The standard InChI is InChI=1S/C12H12N4O4/c1-13-12(17)8-3-4-11(10(5-8)16(18)19)20-9-6-14-15(2)7-9/h3-7H,1-2H3,(H,13,17). The maximum Gasteiger partial charge on any atom is 0.312 e. The third-order valence-electron chi connectivity index (χ3n) is 2.55. The lowest BCUT2D eigenvalue weighted by Gasteiger charge is -2.05. The molecule has 1 N–H and O–H groups in total. The van der Waals surface area contributed by atoms with Gasteiger partial charge in [0.25, 0.3) is 5.91 Å². The van der Waals surface area contributed by atoms with Crippen LogP contribution in [0.25, 0.3) is 0 Å². The molecule has 1 heterocycles. The molecule has 0 atom stereocenters. The highest BCUT2D eigenvalue weighted by Crippen LogP contribution is 2.31. The number of nitrogens with one attached hydrogen (secondary N) is 1. The molecular weight excluding hydrogens is 264 g/mol. The molecule has 8 heteroatoms. The zero-order valence-corrected chi connectivity index (χ0v) is 10.9. The van der Waals surface area contributed by atoms with Crippen molar-refractivity contribution in [3.8, 4) is 11.5 Å². The predicted octanol–water partition coefficient (Wildman–Crippen LogP) is 1.48. The topological polar surface area (TPSA) is 99.3 Å². The summed E-state index contributed by atoms with van der Waals surface area (Å²) in [4.78, 5) is 21.9. The Bertz CT molecular complexity index is 665. The second kappa shape index (κ2) is 5.39. The molecule has 0 unspecified atom stereocenters. The van der Waals surface area contributed by atoms with Gasteiger partial charge >= 0.3 is 5.69 Å². The van der Waals surface area contributed by atoms with Gasteiger partial charge in [0.05, 0.1) is 17.3 Å². The van der Waals surface area contributed by atoms with Crippen LogP contribution >= 0.6 is 0 Å². The molecule has 2 aromatic rings. The quantitative estimate of drug-likeness (QED) is 0.673. The van der Waals surface area contributed by atoms with Crippen LogP contribution in [-0.4, -0.2) is 27.7 Å². The van der Waals surface area contributed by atoms with Crippen molar-refractivity contribution < 1.29 is 14.5 Å². The van der Waals surface area contributed by atoms with Gasteiger partial charge in [0.2, 0.25) is 5.75 Å². The number of hydrogen-bond donors (Lipinski definition) is 1. The number of amides is 1. The van der Waals surface area contributed by atoms with Crippen LogP contribution in [0.2, 0.25) is 0 Å². The number of rotatable bonds is 4. The number of nitro benzene ring substituents is 1. The van der Waals surface area contributed by atoms with Crippen LogP contribution < -0.4 is 10.1 Å². The highest BCUT2D eigenvalue weighted by molar-refractivity contribution is 5.95. The number of carbonyl (C=O) groups excluding carboxylic acids is 1. The van der Waals surface area contributed by atoms with Gasteiger partial charge < -0.3 is 10.1 Å². The van der Waals surface area contributed by atoms with E-state index in [2.05, 4.69) is 10.4 Å². The molecular formula is C12H12N4O4. The first-order valence-corrected chi connectivity index (χ1v) is 5.68. The Morgan fingerprint density at radius 2 is 2.25 bits per heavy atom. The Hall–Kier alpha value is -2.90. The molecule has 0 aliphatic heterocycles. The molecule has 104 valence electrons. The predicted molar refractivity (Wildman–Crippen MR) is 69.8 cm³/mol. The summed E-state index contributed by atoms with van der Waals surface area (Å²) in [7, 11) is 3.16. The van der Waals surface area contributed by atoms with Gasteiger partial charge in [-0.05, 0) is 12.1 Å². The second-order valence-electron chi connectivity index (χ2n) is 3.97. The van der Waals surface area contributed by atoms with Gasteiger partial charge in [0, 0.05) is 25.7 Å². The zero-order chi connectivity index (χ0) is 14.7. The number of ether oxygens (including phenoxy) is 1. The van der Waals surface area contributed by atoms with Gasteiger partial charge in [0.1, 0.15) is 0 Å². The monoisotopic (exact) mass is 276 g/mol. The largest absolute Gasteiger partial charge is 0.447 e. The van der Waals surface area contributed by atoms with Crippen LogP contribution in [0.1, 0.15) is 10.4 Å². The van der Waals surface area contributed by atoms with Gasteiger partial charge in [-0.25, -0.2) is 0 Å². The fraction of sp³-hybridized carbons (Fsp3) is 0.167. The SMILES string of the molecule is CNC(=O)c1ccc(Oc2cnn(C)c2)c([N+](=O)[O-])c1. The molecule has 0 fully saturated rings. The molecule has 8 nitrogen and oxygen atoms in total. The summed E-state index contributed by atoms with van der Waals surface area (Å²) in [6.45, 7) is 0. The molecule has 0 bridgehead atoms. The minimum Gasteiger partial charge on any atom is -0.447 e. The summed E-state index contributed by atoms with van der Waals surface area (Å²) in [6.07, 6.45) is 3.02. The lowest BCUT2D eigenvalue weighted by Crippen LogP contribution is -2.17. The Morgan fingerprint density at radius 3 is 2.80 bits per heavy atom. The fourth-order valence-corrected chi connectivity index (χ4v) is 1.61. The van der Waals surface area contributed by atoms with E-state index >= 15 is 0 Å². The van der Waals surface area contributed by atoms with E-state index in [1.807, 2.05) is 0 Å². The fourth-order valence-electron chi connectivity index (χ4n) is 1.61. The Morgan fingerprint density at radius 1 is 1.50 bits per heavy atom. The number of carbonyl (C=O) groups is 1. The second-order valence-corrected chi connectivity index (χ2v) is 3.97. The van der Waals surface area contributed by atoms with E-state index in [4.69, 9.17) is 4.74 Å². The summed E-state index contributed by atoms with van der Waals surface area (Å²) in [6, 6.07) is 4.01. The lowest BCUT2D eigenvalue weighted by atomic mass is 10.2. The van der Waals surface area contributed by atoms with E-state index in [-0.39, 0.29) is 17.0 Å². The summed E-state index contributed by atoms with van der Waals surface area (Å²) < 4.78 is 6.92. The van der Waals surface area contributed by atoms with Crippen molar-refractivity contribution >= 4 is 11.6 Å². The summed E-state index contributed by atoms with van der Waals surface area (Å²) in [5, 5.41) is 17.4. The van der Waals surface area contributed by atoms with Crippen molar-refractivity contribution in [2.45, 2.75) is 0 Å². The number of benzene rings is 1. The smallest absolute Gasteiger partial charge is 0.312 e. The summed E-state index contributed by atoms with van der Waals surface area (Å²) in [5.41, 5.74) is -0.0901. The number of nitro groups is 1. The minimum absolute atomic E-state index is 0.0515. The van der Waals surface area contributed by atoms with Crippen molar-refractivity contribution in [1.29, 1.82) is 0 Å². The third-order valence-corrected chi connectivity index (χ3v) is 2.55. The van der Waals surface area contributed by atoms with E-state index in [0.29, 0.717) is 5.75 Å². The first kappa shape index (κ1) is 13.5. The highest BCUT2D eigenvalue weighted by atomic mass is 16.6. The van der Waals surface area contributed by atoms with Gasteiger partial charge in [-0.15, -0.1) is 0 Å². The van der Waals surface area contributed by atoms with Crippen LogP contribution in [0.4, 0.5) is 5.69 Å². The van der Waals surface area contributed by atoms with Crippen molar-refractivity contribution in [2.24, 2.45) is 7.05 Å². The molecule has 0 aliphatic rings. The molecule has 0 saturated carbocycles. The van der Waals surface area contributed by atoms with Crippen molar-refractivity contribution in [3.63, 3.8) is 0 Å². The van der Waals surface area contributed by atoms with Crippen molar-refractivity contribution in [2.75, 3.05) is 7.05 Å². The molecule has 1 amide bonds. The minimum atomic E-state index is -0.599. The average Bonchev–Trinajstić information content (AvgIpc) is 2.83. The van der Waals surface area contributed by atoms with Gasteiger partial charge in [-0.3, -0.25) is 19.6 Å². The van der Waals surface area contributed by atoms with Gasteiger partial charge in [-0.1, -0.05) is 0 Å². The molecule has 20 heavy (non-hydrogen) atoms. The zero-order valence-electron chi connectivity index (χ0n) is 10.9. The first-order valence-electron chi connectivity index (χ1n) is 5.68. The summed E-state index contributed by atoms with van der Waals surface area (Å²) >= 11 is 0. The number of hydrogen-bond acceptors (Lipinski definition) is 5. The van der Waals surface area contributed by atoms with Gasteiger partial charge in [0.15, 0.2) is 5.75 Å². The number of aryl methyl sites for hydroxylation is 1. The molecule has 1 aromatic heterocycles. The van der Waals surface area contributed by atoms with Gasteiger partial charge in [-0.2, -0.15) is 5.10 Å². The highest BCUT2D eigenvalue weighted by Gasteiger charge is 2.19. The molecule has 0 radical (unpaired) electrons. The molecule has 1 aromatic carbocycles. The normalized spacial score (nSPS) is 10.1. The van der Waals surface area contributed by atoms with Crippen LogP contribution in [0.15, 0.2) is 30.6 Å². The summed E-state index contributed by atoms with van der Waals surface area (Å²) in [5.74, 6) is 0.0278. The van der Waals surface area contributed by atoms with Crippen molar-refractivity contribution in [1.82, 2.24) is 15.1 Å². The maximum atomic E-state index is 11.5. The van der Waals surface area contributed by atoms with Crippen LogP contribution in [-0.2, 0) is 7.05 Å². The molecule has 0 spiro atoms. The average molecular weight is 276 g/mol. The van der Waals surface area contributed by atoms with E-state index in [9.17, 15) is 14.9 Å². The van der Waals surface area contributed by atoms with Crippen LogP contribution in [0, 0.1) is 10.1 Å². The number of nitrogens with zero attached hydrogens (tertiary/aromatic N) is 3. The first-order chi connectivity index (χ1) is 9.51. The Labute approximate surface area is 114 Å². The van der Waals surface area contributed by atoms with Crippen LogP contribution in [0.5, 0.6) is 11.5 Å². The van der Waals surface area contributed by atoms with E-state index in [1.54, 1.807) is 13.2 Å². The van der Waals surface area contributed by atoms with Crippen LogP contribution in [0.3, 0.4) is 0 Å². The van der Waals surface area contributed by atoms with Crippen molar-refractivity contribution in [3.05, 3.63) is 46.3 Å². The van der Waals surface area contributed by atoms with E-state index in [0.717, 1.165) is 0 Å². The molecule has 0 saturated heterocycles.